The Morgan fingerprint density at radius 1 is 1.20 bits per heavy atom. The van der Waals surface area contributed by atoms with Crippen LogP contribution in [0, 0.1) is 5.92 Å². The van der Waals surface area contributed by atoms with E-state index >= 15 is 0 Å². The molecule has 0 atom stereocenters. The number of ether oxygens (including phenoxy) is 2. The number of aromatic nitrogens is 4. The normalized spacial score (nSPS) is 21.2. The maximum absolute atomic E-state index is 12.1. The van der Waals surface area contributed by atoms with Crippen molar-refractivity contribution in [1.82, 2.24) is 25.5 Å². The van der Waals surface area contributed by atoms with Gasteiger partial charge in [-0.2, -0.15) is 4.68 Å². The van der Waals surface area contributed by atoms with E-state index in [0.29, 0.717) is 36.2 Å². The Labute approximate surface area is 176 Å². The van der Waals surface area contributed by atoms with Gasteiger partial charge in [-0.25, -0.2) is 4.79 Å². The van der Waals surface area contributed by atoms with Crippen LogP contribution in [0.25, 0.3) is 5.69 Å². The highest BCUT2D eigenvalue weighted by atomic mass is 16.5. The molecule has 1 N–H and O–H groups in total. The molecule has 9 nitrogen and oxygen atoms in total. The van der Waals surface area contributed by atoms with Crippen LogP contribution in [0.2, 0.25) is 0 Å². The van der Waals surface area contributed by atoms with Crippen molar-refractivity contribution in [3.05, 3.63) is 35.7 Å². The van der Waals surface area contributed by atoms with Crippen molar-refractivity contribution in [3.8, 4) is 5.69 Å². The molecule has 2 aromatic rings. The molecule has 1 aromatic heterocycles. The first-order valence-electron chi connectivity index (χ1n) is 10.5. The maximum Gasteiger partial charge on any atom is 0.338 e. The number of nitrogens with zero attached hydrogens (tertiary/aromatic N) is 4. The molecule has 0 bridgehead atoms. The van der Waals surface area contributed by atoms with E-state index in [1.54, 1.807) is 36.7 Å². The van der Waals surface area contributed by atoms with E-state index in [-0.39, 0.29) is 12.5 Å². The Bertz CT molecular complexity index is 874. The number of tetrazole rings is 1. The summed E-state index contributed by atoms with van der Waals surface area (Å²) < 4.78 is 11.8. The number of esters is 2. The van der Waals surface area contributed by atoms with Crippen molar-refractivity contribution >= 4 is 11.9 Å². The maximum atomic E-state index is 12.1. The molecule has 162 valence electrons. The molecule has 0 aliphatic heterocycles. The Kier molecular flexibility index (Phi) is 7.15. The predicted octanol–water partition coefficient (Wildman–Crippen LogP) is 2.40. The second kappa shape index (κ2) is 9.80. The first kappa shape index (κ1) is 21.9. The number of rotatable bonds is 8. The van der Waals surface area contributed by atoms with E-state index in [1.807, 2.05) is 6.07 Å². The van der Waals surface area contributed by atoms with Crippen molar-refractivity contribution < 1.29 is 19.1 Å². The number of carbonyl (C=O) groups excluding carboxylic acids is 2. The number of hydrogen-bond acceptors (Lipinski definition) is 8. The SMILES string of the molecule is CCOC(=O)CNC1(c2nnnn2-c2cccc(C(=O)OCC)c2)CCC(C)CC1. The molecule has 0 radical (unpaired) electrons. The van der Waals surface area contributed by atoms with Gasteiger partial charge in [-0.05, 0) is 74.1 Å². The molecule has 0 unspecified atom stereocenters. The molecule has 3 rings (SSSR count). The van der Waals surface area contributed by atoms with Gasteiger partial charge in [-0.15, -0.1) is 5.10 Å². The van der Waals surface area contributed by atoms with Crippen LogP contribution in [0.3, 0.4) is 0 Å². The lowest BCUT2D eigenvalue weighted by molar-refractivity contribution is -0.142. The third kappa shape index (κ3) is 4.84. The van der Waals surface area contributed by atoms with Gasteiger partial charge in [0.25, 0.3) is 0 Å². The van der Waals surface area contributed by atoms with Gasteiger partial charge >= 0.3 is 11.9 Å². The van der Waals surface area contributed by atoms with Gasteiger partial charge in [0.1, 0.15) is 0 Å². The van der Waals surface area contributed by atoms with Crippen LogP contribution < -0.4 is 5.32 Å². The zero-order valence-electron chi connectivity index (χ0n) is 17.8. The predicted molar refractivity (Wildman–Crippen MR) is 109 cm³/mol. The van der Waals surface area contributed by atoms with E-state index in [2.05, 4.69) is 27.8 Å². The molecule has 30 heavy (non-hydrogen) atoms. The van der Waals surface area contributed by atoms with Crippen LogP contribution in [0.4, 0.5) is 0 Å². The first-order valence-corrected chi connectivity index (χ1v) is 10.5. The van der Waals surface area contributed by atoms with E-state index < -0.39 is 11.5 Å². The molecule has 0 amide bonds. The van der Waals surface area contributed by atoms with E-state index in [0.717, 1.165) is 25.7 Å². The molecule has 1 aliphatic carbocycles. The van der Waals surface area contributed by atoms with E-state index in [1.165, 1.54) is 0 Å². The molecular formula is C21H29N5O4. The van der Waals surface area contributed by atoms with Crippen molar-refractivity contribution in [2.75, 3.05) is 19.8 Å². The average molecular weight is 415 g/mol. The van der Waals surface area contributed by atoms with Crippen LogP contribution in [-0.4, -0.2) is 51.9 Å². The molecular weight excluding hydrogens is 386 g/mol. The van der Waals surface area contributed by atoms with Gasteiger partial charge in [0.15, 0.2) is 5.82 Å². The van der Waals surface area contributed by atoms with Gasteiger partial charge in [0, 0.05) is 0 Å². The summed E-state index contributed by atoms with van der Waals surface area (Å²) in [7, 11) is 0. The van der Waals surface area contributed by atoms with Gasteiger partial charge in [0.05, 0.1) is 36.5 Å². The molecule has 1 aliphatic rings. The van der Waals surface area contributed by atoms with E-state index in [4.69, 9.17) is 9.47 Å². The quantitative estimate of drug-likeness (QED) is 0.655. The number of carbonyl (C=O) groups is 2. The van der Waals surface area contributed by atoms with Crippen LogP contribution >= 0.6 is 0 Å². The molecule has 1 aromatic carbocycles. The summed E-state index contributed by atoms with van der Waals surface area (Å²) in [6.07, 6.45) is 3.58. The topological polar surface area (TPSA) is 108 Å². The summed E-state index contributed by atoms with van der Waals surface area (Å²) in [5.74, 6) is 0.521. The standard InChI is InChI=1S/C21H29N5O4/c1-4-29-18(27)14-22-21(11-9-15(3)10-12-21)20-23-24-25-26(20)17-8-6-7-16(13-17)19(28)30-5-2/h6-8,13,15,22H,4-5,9-12,14H2,1-3H3. The molecule has 1 heterocycles. The summed E-state index contributed by atoms with van der Waals surface area (Å²) in [6.45, 7) is 6.50. The number of benzene rings is 1. The second-order valence-electron chi connectivity index (χ2n) is 7.61. The highest BCUT2D eigenvalue weighted by Crippen LogP contribution is 2.39. The molecule has 9 heteroatoms. The fraction of sp³-hybridized carbons (Fsp3) is 0.571. The first-order chi connectivity index (χ1) is 14.5. The Morgan fingerprint density at radius 3 is 2.63 bits per heavy atom. The van der Waals surface area contributed by atoms with Gasteiger partial charge < -0.3 is 9.47 Å². The van der Waals surface area contributed by atoms with Gasteiger partial charge in [0.2, 0.25) is 0 Å². The molecule has 0 spiro atoms. The third-order valence-corrected chi connectivity index (χ3v) is 5.50. The minimum atomic E-state index is -0.553. The molecule has 1 fully saturated rings. The lowest BCUT2D eigenvalue weighted by atomic mass is 9.76. The molecule has 1 saturated carbocycles. The van der Waals surface area contributed by atoms with E-state index in [9.17, 15) is 9.59 Å². The lowest BCUT2D eigenvalue weighted by Crippen LogP contribution is -2.49. The number of nitrogens with one attached hydrogen (secondary N) is 1. The molecule has 0 saturated heterocycles. The Hall–Kier alpha value is -2.81. The minimum absolute atomic E-state index is 0.0813. The largest absolute Gasteiger partial charge is 0.465 e. The minimum Gasteiger partial charge on any atom is -0.465 e. The fourth-order valence-corrected chi connectivity index (χ4v) is 3.83. The highest BCUT2D eigenvalue weighted by molar-refractivity contribution is 5.90. The third-order valence-electron chi connectivity index (χ3n) is 5.50. The number of hydrogen-bond donors (Lipinski definition) is 1. The van der Waals surface area contributed by atoms with Crippen LogP contribution in [0.5, 0.6) is 0 Å². The summed E-state index contributed by atoms with van der Waals surface area (Å²) in [5, 5.41) is 15.8. The Morgan fingerprint density at radius 2 is 1.93 bits per heavy atom. The fourth-order valence-electron chi connectivity index (χ4n) is 3.83. The smallest absolute Gasteiger partial charge is 0.338 e. The van der Waals surface area contributed by atoms with Gasteiger partial charge in [-0.1, -0.05) is 13.0 Å². The lowest BCUT2D eigenvalue weighted by Gasteiger charge is -2.38. The zero-order chi connectivity index (χ0) is 21.6. The highest BCUT2D eigenvalue weighted by Gasteiger charge is 2.41. The van der Waals surface area contributed by atoms with Gasteiger partial charge in [-0.3, -0.25) is 10.1 Å². The van der Waals surface area contributed by atoms with Crippen molar-refractivity contribution in [1.29, 1.82) is 0 Å². The van der Waals surface area contributed by atoms with Crippen molar-refractivity contribution in [2.45, 2.75) is 52.0 Å². The van der Waals surface area contributed by atoms with Crippen molar-refractivity contribution in [2.24, 2.45) is 5.92 Å². The second-order valence-corrected chi connectivity index (χ2v) is 7.61. The monoisotopic (exact) mass is 415 g/mol. The summed E-state index contributed by atoms with van der Waals surface area (Å²) in [5.41, 5.74) is 0.543. The van der Waals surface area contributed by atoms with Crippen LogP contribution in [0.1, 0.15) is 62.6 Å². The van der Waals surface area contributed by atoms with Crippen molar-refractivity contribution in [3.63, 3.8) is 0 Å². The zero-order valence-corrected chi connectivity index (χ0v) is 17.8. The summed E-state index contributed by atoms with van der Waals surface area (Å²) in [4.78, 5) is 24.1. The average Bonchev–Trinajstić information content (AvgIpc) is 3.25. The van der Waals surface area contributed by atoms with Crippen LogP contribution in [0.15, 0.2) is 24.3 Å². The summed E-state index contributed by atoms with van der Waals surface area (Å²) in [6, 6.07) is 7.02. The Balaban J connectivity index is 1.93. The summed E-state index contributed by atoms with van der Waals surface area (Å²) >= 11 is 0. The van der Waals surface area contributed by atoms with Crippen LogP contribution in [-0.2, 0) is 19.8 Å².